The number of hydrogen-bond donors (Lipinski definition) is 1. The van der Waals surface area contributed by atoms with Crippen molar-refractivity contribution in [1.29, 1.82) is 0 Å². The molecule has 1 heterocycles. The van der Waals surface area contributed by atoms with Crippen molar-refractivity contribution < 1.29 is 14.3 Å². The summed E-state index contributed by atoms with van der Waals surface area (Å²) in [5.41, 5.74) is 1.37. The first-order valence-electron chi connectivity index (χ1n) is 4.46. The van der Waals surface area contributed by atoms with Crippen LogP contribution in [0.3, 0.4) is 0 Å². The van der Waals surface area contributed by atoms with Gasteiger partial charge in [-0.2, -0.15) is 0 Å². The van der Waals surface area contributed by atoms with Crippen molar-refractivity contribution in [3.05, 3.63) is 24.1 Å². The van der Waals surface area contributed by atoms with Gasteiger partial charge in [-0.25, -0.2) is 4.98 Å². The zero-order valence-corrected chi connectivity index (χ0v) is 7.86. The maximum Gasteiger partial charge on any atom is 0.221 e. The number of rotatable bonds is 3. The Hall–Kier alpha value is -1.55. The molecule has 1 aromatic carbocycles. The summed E-state index contributed by atoms with van der Waals surface area (Å²) in [5, 5.41) is 8.82. The molecule has 2 rings (SSSR count). The Kier molecular flexibility index (Phi) is 2.37. The normalized spacial score (nSPS) is 10.7. The summed E-state index contributed by atoms with van der Waals surface area (Å²) < 4.78 is 10.6. The standard InChI is InChI=1S/C10H11NO3/c1-2-13-7-3-4-8-9(5-7)14-10(6-12)11-8/h3-5,12H,2,6H2,1H3. The van der Waals surface area contributed by atoms with E-state index in [1.54, 1.807) is 6.07 Å². The predicted molar refractivity (Wildman–Crippen MR) is 51.1 cm³/mol. The highest BCUT2D eigenvalue weighted by Gasteiger charge is 2.05. The van der Waals surface area contributed by atoms with Crippen LogP contribution in [0.15, 0.2) is 22.6 Å². The minimum atomic E-state index is -0.182. The molecule has 0 amide bonds. The maximum atomic E-state index is 8.82. The third-order valence-electron chi connectivity index (χ3n) is 1.85. The molecule has 0 spiro atoms. The van der Waals surface area contributed by atoms with Gasteiger partial charge < -0.3 is 14.3 Å². The van der Waals surface area contributed by atoms with E-state index < -0.39 is 0 Å². The third kappa shape index (κ3) is 1.56. The van der Waals surface area contributed by atoms with E-state index in [-0.39, 0.29) is 6.61 Å². The van der Waals surface area contributed by atoms with Crippen molar-refractivity contribution in [3.63, 3.8) is 0 Å². The molecule has 1 aromatic heterocycles. The van der Waals surface area contributed by atoms with E-state index in [9.17, 15) is 0 Å². The third-order valence-corrected chi connectivity index (χ3v) is 1.85. The second kappa shape index (κ2) is 3.67. The van der Waals surface area contributed by atoms with Gasteiger partial charge in [0.25, 0.3) is 0 Å². The smallest absolute Gasteiger partial charge is 0.221 e. The van der Waals surface area contributed by atoms with Crippen LogP contribution in [0.1, 0.15) is 12.8 Å². The number of nitrogens with zero attached hydrogens (tertiary/aromatic N) is 1. The van der Waals surface area contributed by atoms with Crippen molar-refractivity contribution in [1.82, 2.24) is 4.98 Å². The summed E-state index contributed by atoms with van der Waals surface area (Å²) in [6.45, 7) is 2.36. The first kappa shape index (κ1) is 9.02. The number of hydrogen-bond acceptors (Lipinski definition) is 4. The van der Waals surface area contributed by atoms with Crippen LogP contribution in [0.2, 0.25) is 0 Å². The van der Waals surface area contributed by atoms with E-state index >= 15 is 0 Å². The van der Waals surface area contributed by atoms with Gasteiger partial charge in [0.05, 0.1) is 6.61 Å². The Labute approximate surface area is 81.1 Å². The minimum Gasteiger partial charge on any atom is -0.494 e. The summed E-state index contributed by atoms with van der Waals surface area (Å²) in [5.74, 6) is 1.08. The van der Waals surface area contributed by atoms with E-state index in [0.29, 0.717) is 18.1 Å². The predicted octanol–water partition coefficient (Wildman–Crippen LogP) is 1.72. The van der Waals surface area contributed by atoms with Gasteiger partial charge in [0.2, 0.25) is 5.89 Å². The monoisotopic (exact) mass is 193 g/mol. The van der Waals surface area contributed by atoms with Gasteiger partial charge >= 0.3 is 0 Å². The average Bonchev–Trinajstić information content (AvgIpc) is 2.60. The van der Waals surface area contributed by atoms with Crippen molar-refractivity contribution in [2.45, 2.75) is 13.5 Å². The van der Waals surface area contributed by atoms with E-state index in [1.165, 1.54) is 0 Å². The van der Waals surface area contributed by atoms with Crippen LogP contribution in [0.5, 0.6) is 5.75 Å². The SMILES string of the molecule is CCOc1ccc2nc(CO)oc2c1. The lowest BCUT2D eigenvalue weighted by Gasteiger charge is -2.00. The fraction of sp³-hybridized carbons (Fsp3) is 0.300. The van der Waals surface area contributed by atoms with Crippen LogP contribution in [-0.2, 0) is 6.61 Å². The Morgan fingerprint density at radius 1 is 1.50 bits per heavy atom. The zero-order chi connectivity index (χ0) is 9.97. The van der Waals surface area contributed by atoms with Crippen LogP contribution in [-0.4, -0.2) is 16.7 Å². The highest BCUT2D eigenvalue weighted by Crippen LogP contribution is 2.21. The summed E-state index contributed by atoms with van der Waals surface area (Å²) in [4.78, 5) is 4.06. The molecule has 2 aromatic rings. The van der Waals surface area contributed by atoms with Crippen molar-refractivity contribution in [3.8, 4) is 5.75 Å². The van der Waals surface area contributed by atoms with Gasteiger partial charge in [0, 0.05) is 6.07 Å². The van der Waals surface area contributed by atoms with Gasteiger partial charge in [-0.05, 0) is 19.1 Å². The van der Waals surface area contributed by atoms with Crippen LogP contribution in [0, 0.1) is 0 Å². The Bertz CT molecular complexity index is 436. The van der Waals surface area contributed by atoms with Crippen LogP contribution in [0.25, 0.3) is 11.1 Å². The largest absolute Gasteiger partial charge is 0.494 e. The van der Waals surface area contributed by atoms with Gasteiger partial charge in [0.1, 0.15) is 17.9 Å². The highest BCUT2D eigenvalue weighted by atomic mass is 16.5. The molecule has 0 bridgehead atoms. The Morgan fingerprint density at radius 2 is 2.36 bits per heavy atom. The molecule has 0 atom stereocenters. The summed E-state index contributed by atoms with van der Waals surface area (Å²) >= 11 is 0. The molecule has 0 saturated carbocycles. The first-order chi connectivity index (χ1) is 6.83. The number of ether oxygens (including phenoxy) is 1. The van der Waals surface area contributed by atoms with E-state index in [1.807, 2.05) is 19.1 Å². The van der Waals surface area contributed by atoms with Crippen molar-refractivity contribution in [2.75, 3.05) is 6.61 Å². The molecule has 4 heteroatoms. The van der Waals surface area contributed by atoms with Crippen molar-refractivity contribution >= 4 is 11.1 Å². The number of aromatic nitrogens is 1. The molecule has 1 N–H and O–H groups in total. The minimum absolute atomic E-state index is 0.182. The van der Waals surface area contributed by atoms with Gasteiger partial charge in [0.15, 0.2) is 5.58 Å². The molecule has 0 aliphatic carbocycles. The van der Waals surface area contributed by atoms with E-state index in [2.05, 4.69) is 4.98 Å². The number of fused-ring (bicyclic) bond motifs is 1. The molecular weight excluding hydrogens is 182 g/mol. The second-order valence-corrected chi connectivity index (χ2v) is 2.83. The molecule has 0 radical (unpaired) electrons. The zero-order valence-electron chi connectivity index (χ0n) is 7.86. The lowest BCUT2D eigenvalue weighted by atomic mass is 10.3. The summed E-state index contributed by atoms with van der Waals surface area (Å²) in [7, 11) is 0. The van der Waals surface area contributed by atoms with Crippen LogP contribution >= 0.6 is 0 Å². The van der Waals surface area contributed by atoms with E-state index in [0.717, 1.165) is 11.3 Å². The first-order valence-corrected chi connectivity index (χ1v) is 4.46. The molecule has 0 unspecified atom stereocenters. The molecular formula is C10H11NO3. The molecule has 0 saturated heterocycles. The second-order valence-electron chi connectivity index (χ2n) is 2.83. The van der Waals surface area contributed by atoms with Crippen molar-refractivity contribution in [2.24, 2.45) is 0 Å². The van der Waals surface area contributed by atoms with Crippen LogP contribution < -0.4 is 4.74 Å². The van der Waals surface area contributed by atoms with E-state index in [4.69, 9.17) is 14.3 Å². The number of benzene rings is 1. The lowest BCUT2D eigenvalue weighted by molar-refractivity contribution is 0.244. The fourth-order valence-corrected chi connectivity index (χ4v) is 1.28. The molecule has 0 aliphatic heterocycles. The summed E-state index contributed by atoms with van der Waals surface area (Å²) in [6.07, 6.45) is 0. The fourth-order valence-electron chi connectivity index (χ4n) is 1.28. The Balaban J connectivity index is 2.43. The molecule has 4 nitrogen and oxygen atoms in total. The van der Waals surface area contributed by atoms with Gasteiger partial charge in [-0.3, -0.25) is 0 Å². The molecule has 0 aliphatic rings. The highest BCUT2D eigenvalue weighted by molar-refractivity contribution is 5.74. The Morgan fingerprint density at radius 3 is 3.07 bits per heavy atom. The topological polar surface area (TPSA) is 55.5 Å². The number of oxazole rings is 1. The molecule has 14 heavy (non-hydrogen) atoms. The quantitative estimate of drug-likeness (QED) is 0.806. The molecule has 74 valence electrons. The lowest BCUT2D eigenvalue weighted by Crippen LogP contribution is -1.90. The maximum absolute atomic E-state index is 8.82. The number of aliphatic hydroxyl groups excluding tert-OH is 1. The average molecular weight is 193 g/mol. The van der Waals surface area contributed by atoms with Gasteiger partial charge in [-0.15, -0.1) is 0 Å². The summed E-state index contributed by atoms with van der Waals surface area (Å²) in [6, 6.07) is 5.41. The van der Waals surface area contributed by atoms with Crippen LogP contribution in [0.4, 0.5) is 0 Å². The molecule has 0 fully saturated rings. The number of aliphatic hydroxyl groups is 1. The van der Waals surface area contributed by atoms with Gasteiger partial charge in [-0.1, -0.05) is 0 Å².